The van der Waals surface area contributed by atoms with E-state index in [1.807, 2.05) is 0 Å². The number of rotatable bonds is 3. The van der Waals surface area contributed by atoms with Crippen LogP contribution in [0.4, 0.5) is 0 Å². The fourth-order valence-corrected chi connectivity index (χ4v) is 3.58. The molecule has 0 aromatic heterocycles. The Bertz CT molecular complexity index is 344. The molecule has 1 fully saturated rings. The van der Waals surface area contributed by atoms with E-state index in [4.69, 9.17) is 4.74 Å². The van der Waals surface area contributed by atoms with E-state index in [0.717, 1.165) is 5.75 Å². The van der Waals surface area contributed by atoms with Gasteiger partial charge in [-0.1, -0.05) is 43.4 Å². The summed E-state index contributed by atoms with van der Waals surface area (Å²) in [5.41, 5.74) is 0. The minimum absolute atomic E-state index is 0.460. The van der Waals surface area contributed by atoms with Crippen LogP contribution < -0.4 is 9.92 Å². The van der Waals surface area contributed by atoms with Gasteiger partial charge in [0.15, 0.2) is 0 Å². The molecule has 1 aliphatic carbocycles. The average molecular weight is 248 g/mol. The molecule has 0 atom stereocenters. The molecule has 0 aliphatic heterocycles. The first-order chi connectivity index (χ1) is 8.05. The Labute approximate surface area is 106 Å². The molecule has 0 bridgehead atoms. The zero-order valence-corrected chi connectivity index (χ0v) is 12.3. The molecule has 0 unspecified atom stereocenters. The molecule has 1 aromatic rings. The maximum atomic E-state index is 6.04. The SMILES string of the molecule is C[Si](C)(C)c1ccc(OC2CCCCC2)cc1. The second-order valence-corrected chi connectivity index (χ2v) is 11.2. The zero-order valence-electron chi connectivity index (χ0n) is 11.3. The van der Waals surface area contributed by atoms with Crippen LogP contribution in [-0.2, 0) is 0 Å². The lowest BCUT2D eigenvalue weighted by atomic mass is 9.98. The number of hydrogen-bond donors (Lipinski definition) is 0. The summed E-state index contributed by atoms with van der Waals surface area (Å²) in [6.07, 6.45) is 6.97. The lowest BCUT2D eigenvalue weighted by molar-refractivity contribution is 0.155. The summed E-state index contributed by atoms with van der Waals surface area (Å²) in [5, 5.41) is 1.51. The van der Waals surface area contributed by atoms with Crippen LogP contribution in [0.15, 0.2) is 24.3 Å². The lowest BCUT2D eigenvalue weighted by Gasteiger charge is -2.23. The zero-order chi connectivity index (χ0) is 12.3. The monoisotopic (exact) mass is 248 g/mol. The summed E-state index contributed by atoms with van der Waals surface area (Å²) in [5.74, 6) is 1.05. The van der Waals surface area contributed by atoms with Gasteiger partial charge >= 0.3 is 0 Å². The molecule has 0 spiro atoms. The highest BCUT2D eigenvalue weighted by Gasteiger charge is 2.17. The molecule has 0 N–H and O–H groups in total. The van der Waals surface area contributed by atoms with Crippen molar-refractivity contribution in [1.29, 1.82) is 0 Å². The van der Waals surface area contributed by atoms with E-state index in [9.17, 15) is 0 Å². The molecule has 1 aromatic carbocycles. The van der Waals surface area contributed by atoms with Crippen LogP contribution in [0, 0.1) is 0 Å². The molecule has 1 aliphatic rings. The topological polar surface area (TPSA) is 9.23 Å². The molecule has 94 valence electrons. The summed E-state index contributed by atoms with van der Waals surface area (Å²) >= 11 is 0. The van der Waals surface area contributed by atoms with Crippen molar-refractivity contribution in [2.75, 3.05) is 0 Å². The van der Waals surface area contributed by atoms with Gasteiger partial charge in [-0.2, -0.15) is 0 Å². The summed E-state index contributed by atoms with van der Waals surface area (Å²) in [6.45, 7) is 7.14. The Balaban J connectivity index is 1.98. The summed E-state index contributed by atoms with van der Waals surface area (Å²) < 4.78 is 6.04. The molecule has 17 heavy (non-hydrogen) atoms. The molecule has 0 heterocycles. The molecule has 1 nitrogen and oxygen atoms in total. The lowest BCUT2D eigenvalue weighted by Crippen LogP contribution is -2.37. The first kappa shape index (κ1) is 12.7. The van der Waals surface area contributed by atoms with Crippen molar-refractivity contribution >= 4 is 13.3 Å². The van der Waals surface area contributed by atoms with Gasteiger partial charge in [0, 0.05) is 0 Å². The minimum atomic E-state index is -1.16. The number of hydrogen-bond acceptors (Lipinski definition) is 1. The maximum Gasteiger partial charge on any atom is 0.119 e. The van der Waals surface area contributed by atoms with Crippen molar-refractivity contribution in [3.05, 3.63) is 24.3 Å². The van der Waals surface area contributed by atoms with E-state index in [-0.39, 0.29) is 0 Å². The molecule has 1 saturated carbocycles. The Kier molecular flexibility index (Phi) is 3.92. The van der Waals surface area contributed by atoms with E-state index in [0.29, 0.717) is 6.10 Å². The smallest absolute Gasteiger partial charge is 0.119 e. The second kappa shape index (κ2) is 5.26. The highest BCUT2D eigenvalue weighted by Crippen LogP contribution is 2.23. The van der Waals surface area contributed by atoms with Crippen molar-refractivity contribution in [3.63, 3.8) is 0 Å². The van der Waals surface area contributed by atoms with Crippen molar-refractivity contribution in [2.24, 2.45) is 0 Å². The number of ether oxygens (including phenoxy) is 1. The Morgan fingerprint density at radius 1 is 0.941 bits per heavy atom. The first-order valence-corrected chi connectivity index (χ1v) is 10.3. The van der Waals surface area contributed by atoms with E-state index in [1.165, 1.54) is 37.3 Å². The van der Waals surface area contributed by atoms with Crippen LogP contribution in [0.1, 0.15) is 32.1 Å². The fraction of sp³-hybridized carbons (Fsp3) is 0.600. The third-order valence-electron chi connectivity index (χ3n) is 3.58. The molecular formula is C15H24OSi. The molecule has 0 radical (unpaired) electrons. The van der Waals surface area contributed by atoms with Crippen molar-refractivity contribution < 1.29 is 4.74 Å². The summed E-state index contributed by atoms with van der Waals surface area (Å²) in [4.78, 5) is 0. The van der Waals surface area contributed by atoms with E-state index >= 15 is 0 Å². The van der Waals surface area contributed by atoms with Gasteiger partial charge in [-0.05, 0) is 37.8 Å². The second-order valence-electron chi connectivity index (χ2n) is 6.15. The predicted molar refractivity (Wildman–Crippen MR) is 76.9 cm³/mol. The Morgan fingerprint density at radius 2 is 1.53 bits per heavy atom. The van der Waals surface area contributed by atoms with Crippen LogP contribution in [0.5, 0.6) is 5.75 Å². The third-order valence-corrected chi connectivity index (χ3v) is 5.64. The predicted octanol–water partition coefficient (Wildman–Crippen LogP) is 3.94. The minimum Gasteiger partial charge on any atom is -0.490 e. The van der Waals surface area contributed by atoms with Crippen LogP contribution in [0.25, 0.3) is 0 Å². The molecule has 2 heteroatoms. The van der Waals surface area contributed by atoms with Gasteiger partial charge in [0.1, 0.15) is 5.75 Å². The largest absolute Gasteiger partial charge is 0.490 e. The van der Waals surface area contributed by atoms with Gasteiger partial charge < -0.3 is 4.74 Å². The third kappa shape index (κ3) is 3.60. The van der Waals surface area contributed by atoms with Gasteiger partial charge in [-0.15, -0.1) is 0 Å². The van der Waals surface area contributed by atoms with Crippen LogP contribution in [-0.4, -0.2) is 14.2 Å². The van der Waals surface area contributed by atoms with Crippen molar-refractivity contribution in [1.82, 2.24) is 0 Å². The van der Waals surface area contributed by atoms with Gasteiger partial charge in [-0.25, -0.2) is 0 Å². The summed E-state index contributed by atoms with van der Waals surface area (Å²) in [7, 11) is -1.16. The van der Waals surface area contributed by atoms with Crippen LogP contribution in [0.3, 0.4) is 0 Å². The quantitative estimate of drug-likeness (QED) is 0.736. The van der Waals surface area contributed by atoms with Gasteiger partial charge in [0.05, 0.1) is 14.2 Å². The summed E-state index contributed by atoms with van der Waals surface area (Å²) in [6, 6.07) is 8.82. The van der Waals surface area contributed by atoms with Crippen molar-refractivity contribution in [2.45, 2.75) is 57.8 Å². The van der Waals surface area contributed by atoms with Crippen LogP contribution in [0.2, 0.25) is 19.6 Å². The van der Waals surface area contributed by atoms with Gasteiger partial charge in [-0.3, -0.25) is 0 Å². The average Bonchev–Trinajstić information content (AvgIpc) is 2.30. The normalized spacial score (nSPS) is 18.1. The fourth-order valence-electron chi connectivity index (χ4n) is 2.41. The highest BCUT2D eigenvalue weighted by atomic mass is 28.3. The highest BCUT2D eigenvalue weighted by molar-refractivity contribution is 6.88. The molecule has 0 amide bonds. The molecule has 0 saturated heterocycles. The van der Waals surface area contributed by atoms with Gasteiger partial charge in [0.25, 0.3) is 0 Å². The molecule has 2 rings (SSSR count). The standard InChI is InChI=1S/C15H24OSi/c1-17(2,3)15-11-9-14(10-12-15)16-13-7-5-4-6-8-13/h9-13H,4-8H2,1-3H3. The number of benzene rings is 1. The first-order valence-electron chi connectivity index (χ1n) is 6.83. The Hall–Kier alpha value is -0.763. The maximum absolute atomic E-state index is 6.04. The van der Waals surface area contributed by atoms with Crippen LogP contribution >= 0.6 is 0 Å². The van der Waals surface area contributed by atoms with E-state index in [2.05, 4.69) is 43.9 Å². The van der Waals surface area contributed by atoms with E-state index < -0.39 is 8.07 Å². The Morgan fingerprint density at radius 3 is 2.06 bits per heavy atom. The molecular weight excluding hydrogens is 224 g/mol. The van der Waals surface area contributed by atoms with Crippen molar-refractivity contribution in [3.8, 4) is 5.75 Å². The van der Waals surface area contributed by atoms with Gasteiger partial charge in [0.2, 0.25) is 0 Å². The van der Waals surface area contributed by atoms with E-state index in [1.54, 1.807) is 0 Å².